The monoisotopic (exact) mass is 275 g/mol. The molecule has 0 unspecified atom stereocenters. The molecule has 0 amide bonds. The van der Waals surface area contributed by atoms with Gasteiger partial charge in [0.1, 0.15) is 0 Å². The summed E-state index contributed by atoms with van der Waals surface area (Å²) >= 11 is 0. The van der Waals surface area contributed by atoms with Gasteiger partial charge in [0.15, 0.2) is 0 Å². The number of rotatable bonds is 3. The Hall–Kier alpha value is -2.94. The molecule has 3 nitrogen and oxygen atoms in total. The molecule has 0 atom stereocenters. The SMILES string of the molecule is O=C(O)c1cc2ccccc2nc1/C=C/c1ccccc1. The maximum atomic E-state index is 11.4. The molecule has 0 aliphatic rings. The summed E-state index contributed by atoms with van der Waals surface area (Å²) in [5.74, 6) is -0.971. The minimum Gasteiger partial charge on any atom is -0.478 e. The van der Waals surface area contributed by atoms with Crippen molar-refractivity contribution < 1.29 is 9.90 Å². The molecule has 21 heavy (non-hydrogen) atoms. The van der Waals surface area contributed by atoms with Gasteiger partial charge in [0.05, 0.1) is 16.8 Å². The summed E-state index contributed by atoms with van der Waals surface area (Å²) in [6.45, 7) is 0. The van der Waals surface area contributed by atoms with Gasteiger partial charge in [0.25, 0.3) is 0 Å². The minimum absolute atomic E-state index is 0.209. The molecular weight excluding hydrogens is 262 g/mol. The molecule has 0 aliphatic heterocycles. The van der Waals surface area contributed by atoms with Crippen LogP contribution in [0.4, 0.5) is 0 Å². The molecule has 0 bridgehead atoms. The molecule has 1 N–H and O–H groups in total. The number of carboxylic acids is 1. The summed E-state index contributed by atoms with van der Waals surface area (Å²) in [5, 5.41) is 10.2. The van der Waals surface area contributed by atoms with Crippen LogP contribution < -0.4 is 0 Å². The van der Waals surface area contributed by atoms with E-state index in [-0.39, 0.29) is 5.56 Å². The summed E-state index contributed by atoms with van der Waals surface area (Å²) in [6.07, 6.45) is 3.61. The zero-order valence-corrected chi connectivity index (χ0v) is 11.2. The first-order valence-electron chi connectivity index (χ1n) is 6.60. The summed E-state index contributed by atoms with van der Waals surface area (Å²) in [4.78, 5) is 15.8. The highest BCUT2D eigenvalue weighted by molar-refractivity contribution is 5.97. The lowest BCUT2D eigenvalue weighted by atomic mass is 10.1. The second-order valence-electron chi connectivity index (χ2n) is 4.66. The number of carbonyl (C=O) groups is 1. The van der Waals surface area contributed by atoms with Gasteiger partial charge in [-0.2, -0.15) is 0 Å². The molecule has 0 saturated heterocycles. The molecule has 1 aromatic heterocycles. The zero-order valence-electron chi connectivity index (χ0n) is 11.2. The van der Waals surface area contributed by atoms with E-state index >= 15 is 0 Å². The predicted molar refractivity (Wildman–Crippen MR) is 84.1 cm³/mol. The average Bonchev–Trinajstić information content (AvgIpc) is 2.53. The van der Waals surface area contributed by atoms with Crippen molar-refractivity contribution in [1.82, 2.24) is 4.98 Å². The lowest BCUT2D eigenvalue weighted by Gasteiger charge is -2.04. The molecule has 102 valence electrons. The Kier molecular flexibility index (Phi) is 3.48. The van der Waals surface area contributed by atoms with Crippen molar-refractivity contribution in [3.8, 4) is 0 Å². The first-order chi connectivity index (χ1) is 10.2. The highest BCUT2D eigenvalue weighted by Crippen LogP contribution is 2.19. The van der Waals surface area contributed by atoms with E-state index < -0.39 is 5.97 Å². The maximum Gasteiger partial charge on any atom is 0.337 e. The third kappa shape index (κ3) is 2.82. The van der Waals surface area contributed by atoms with Crippen LogP contribution in [0.3, 0.4) is 0 Å². The van der Waals surface area contributed by atoms with E-state index in [1.165, 1.54) is 0 Å². The number of para-hydroxylation sites is 1. The van der Waals surface area contributed by atoms with E-state index in [1.54, 1.807) is 12.1 Å². The van der Waals surface area contributed by atoms with Gasteiger partial charge in [-0.05, 0) is 23.8 Å². The average molecular weight is 275 g/mol. The molecule has 0 saturated carbocycles. The van der Waals surface area contributed by atoms with Crippen molar-refractivity contribution in [2.24, 2.45) is 0 Å². The Morgan fingerprint density at radius 2 is 1.67 bits per heavy atom. The fourth-order valence-electron chi connectivity index (χ4n) is 2.17. The fraction of sp³-hybridized carbons (Fsp3) is 0. The number of hydrogen-bond acceptors (Lipinski definition) is 2. The third-order valence-electron chi connectivity index (χ3n) is 3.22. The Morgan fingerprint density at radius 1 is 0.952 bits per heavy atom. The molecule has 0 aliphatic carbocycles. The van der Waals surface area contributed by atoms with Gasteiger partial charge in [-0.25, -0.2) is 9.78 Å². The van der Waals surface area contributed by atoms with Crippen LogP contribution >= 0.6 is 0 Å². The third-order valence-corrected chi connectivity index (χ3v) is 3.22. The van der Waals surface area contributed by atoms with Crippen LogP contribution in [0.2, 0.25) is 0 Å². The number of nitrogens with zero attached hydrogens (tertiary/aromatic N) is 1. The molecule has 1 heterocycles. The number of pyridine rings is 1. The first kappa shape index (κ1) is 13.1. The number of hydrogen-bond donors (Lipinski definition) is 1. The second-order valence-corrected chi connectivity index (χ2v) is 4.66. The quantitative estimate of drug-likeness (QED) is 0.782. The standard InChI is InChI=1S/C18H13NO2/c20-18(21)15-12-14-8-4-5-9-16(14)19-17(15)11-10-13-6-2-1-3-7-13/h1-12H,(H,20,21)/b11-10+. The Balaban J connectivity index is 2.10. The van der Waals surface area contributed by atoms with E-state index in [4.69, 9.17) is 0 Å². The van der Waals surface area contributed by atoms with Crippen LogP contribution in [0, 0.1) is 0 Å². The van der Waals surface area contributed by atoms with Gasteiger partial charge < -0.3 is 5.11 Å². The van der Waals surface area contributed by atoms with E-state index in [9.17, 15) is 9.90 Å². The Labute approximate surface area is 122 Å². The lowest BCUT2D eigenvalue weighted by molar-refractivity contribution is 0.0696. The number of fused-ring (bicyclic) bond motifs is 1. The molecule has 0 radical (unpaired) electrons. The second kappa shape index (κ2) is 5.59. The topological polar surface area (TPSA) is 50.2 Å². The van der Waals surface area contributed by atoms with Crippen LogP contribution in [0.1, 0.15) is 21.6 Å². The van der Waals surface area contributed by atoms with Crippen LogP contribution in [-0.4, -0.2) is 16.1 Å². The molecular formula is C18H13NO2. The summed E-state index contributed by atoms with van der Waals surface area (Å²) in [7, 11) is 0. The largest absolute Gasteiger partial charge is 0.478 e. The molecule has 3 aromatic rings. The van der Waals surface area contributed by atoms with Crippen LogP contribution in [0.15, 0.2) is 60.7 Å². The molecule has 0 spiro atoms. The summed E-state index contributed by atoms with van der Waals surface area (Å²) in [6, 6.07) is 18.9. The maximum absolute atomic E-state index is 11.4. The normalized spacial score (nSPS) is 11.0. The molecule has 0 fully saturated rings. The van der Waals surface area contributed by atoms with E-state index in [1.807, 2.05) is 60.7 Å². The van der Waals surface area contributed by atoms with E-state index in [0.717, 1.165) is 16.5 Å². The van der Waals surface area contributed by atoms with Crippen molar-refractivity contribution in [3.05, 3.63) is 77.5 Å². The number of aromatic carboxylic acids is 1. The number of benzene rings is 2. The van der Waals surface area contributed by atoms with Gasteiger partial charge >= 0.3 is 5.97 Å². The first-order valence-corrected chi connectivity index (χ1v) is 6.60. The van der Waals surface area contributed by atoms with E-state index in [2.05, 4.69) is 4.98 Å². The van der Waals surface area contributed by atoms with Crippen molar-refractivity contribution >= 4 is 29.0 Å². The molecule has 3 heteroatoms. The Morgan fingerprint density at radius 3 is 2.43 bits per heavy atom. The van der Waals surface area contributed by atoms with Gasteiger partial charge in [-0.15, -0.1) is 0 Å². The lowest BCUT2D eigenvalue weighted by Crippen LogP contribution is -2.02. The minimum atomic E-state index is -0.971. The van der Waals surface area contributed by atoms with Crippen molar-refractivity contribution in [2.45, 2.75) is 0 Å². The fourth-order valence-corrected chi connectivity index (χ4v) is 2.17. The van der Waals surface area contributed by atoms with Gasteiger partial charge in [-0.3, -0.25) is 0 Å². The molecule has 2 aromatic carbocycles. The van der Waals surface area contributed by atoms with Crippen molar-refractivity contribution in [2.75, 3.05) is 0 Å². The predicted octanol–water partition coefficient (Wildman–Crippen LogP) is 4.10. The van der Waals surface area contributed by atoms with Crippen molar-refractivity contribution in [1.29, 1.82) is 0 Å². The number of carboxylic acid groups (broad SMARTS) is 1. The van der Waals surface area contributed by atoms with Crippen LogP contribution in [0.25, 0.3) is 23.1 Å². The van der Waals surface area contributed by atoms with Crippen molar-refractivity contribution in [3.63, 3.8) is 0 Å². The van der Waals surface area contributed by atoms with Gasteiger partial charge in [-0.1, -0.05) is 54.6 Å². The highest BCUT2D eigenvalue weighted by atomic mass is 16.4. The van der Waals surface area contributed by atoms with Gasteiger partial charge in [0, 0.05) is 5.39 Å². The van der Waals surface area contributed by atoms with Gasteiger partial charge in [0.2, 0.25) is 0 Å². The zero-order chi connectivity index (χ0) is 14.7. The highest BCUT2D eigenvalue weighted by Gasteiger charge is 2.10. The smallest absolute Gasteiger partial charge is 0.337 e. The summed E-state index contributed by atoms with van der Waals surface area (Å²) in [5.41, 5.74) is 2.46. The van der Waals surface area contributed by atoms with E-state index in [0.29, 0.717) is 5.69 Å². The Bertz CT molecular complexity index is 823. The molecule has 3 rings (SSSR count). The number of aromatic nitrogens is 1. The summed E-state index contributed by atoms with van der Waals surface area (Å²) < 4.78 is 0. The van der Waals surface area contributed by atoms with Crippen LogP contribution in [-0.2, 0) is 0 Å². The van der Waals surface area contributed by atoms with Crippen LogP contribution in [0.5, 0.6) is 0 Å².